The Kier molecular flexibility index (Phi) is 9.26. The van der Waals surface area contributed by atoms with E-state index in [0.29, 0.717) is 13.0 Å². The molecule has 158 valence electrons. The van der Waals surface area contributed by atoms with E-state index in [2.05, 4.69) is 24.1 Å². The summed E-state index contributed by atoms with van der Waals surface area (Å²) < 4.78 is 11.6. The molecule has 0 bridgehead atoms. The van der Waals surface area contributed by atoms with E-state index in [4.69, 9.17) is 9.47 Å². The highest BCUT2D eigenvalue weighted by molar-refractivity contribution is 5.97. The second kappa shape index (κ2) is 11.4. The smallest absolute Gasteiger partial charge is 0.256 e. The van der Waals surface area contributed by atoms with Gasteiger partial charge in [-0.25, -0.2) is 0 Å². The Morgan fingerprint density at radius 1 is 1.29 bits per heavy atom. The first-order valence-electron chi connectivity index (χ1n) is 10.9. The van der Waals surface area contributed by atoms with Gasteiger partial charge in [0.15, 0.2) is 0 Å². The first kappa shape index (κ1) is 22.7. The highest BCUT2D eigenvalue weighted by Crippen LogP contribution is 2.22. The normalized spacial score (nSPS) is 19.8. The molecule has 5 nitrogen and oxygen atoms in total. The van der Waals surface area contributed by atoms with Crippen LogP contribution in [0.1, 0.15) is 59.8 Å². The molecule has 1 aromatic rings. The minimum Gasteiger partial charge on any atom is -0.494 e. The van der Waals surface area contributed by atoms with Gasteiger partial charge in [0, 0.05) is 25.4 Å². The molecule has 0 saturated carbocycles. The monoisotopic (exact) mass is 390 g/mol. The summed E-state index contributed by atoms with van der Waals surface area (Å²) in [5.41, 5.74) is -0.0216. The molecule has 5 heteroatoms. The molecule has 1 amide bonds. The van der Waals surface area contributed by atoms with E-state index >= 15 is 0 Å². The van der Waals surface area contributed by atoms with Crippen LogP contribution in [-0.2, 0) is 9.53 Å². The average molecular weight is 391 g/mol. The number of amides is 1. The molecule has 28 heavy (non-hydrogen) atoms. The molecule has 0 radical (unpaired) electrons. The summed E-state index contributed by atoms with van der Waals surface area (Å²) in [6.45, 7) is 12.9. The molecule has 2 rings (SSSR count). The molecule has 2 unspecified atom stereocenters. The number of nitrogens with zero attached hydrogens (tertiary/aromatic N) is 1. The van der Waals surface area contributed by atoms with E-state index in [9.17, 15) is 4.79 Å². The van der Waals surface area contributed by atoms with Crippen LogP contribution in [0.2, 0.25) is 0 Å². The first-order valence-corrected chi connectivity index (χ1v) is 10.9. The summed E-state index contributed by atoms with van der Waals surface area (Å²) in [5, 5.41) is 2.97. The SMILES string of the molecule is CCCC(C)(OCC)C(=O)Nc1ccc(OCCCN2CCCC(C)C2)cc1. The van der Waals surface area contributed by atoms with Crippen LogP contribution < -0.4 is 10.1 Å². The van der Waals surface area contributed by atoms with Gasteiger partial charge in [-0.15, -0.1) is 0 Å². The minimum absolute atomic E-state index is 0.0966. The van der Waals surface area contributed by atoms with Gasteiger partial charge in [-0.3, -0.25) is 4.79 Å². The van der Waals surface area contributed by atoms with Gasteiger partial charge < -0.3 is 19.7 Å². The number of ether oxygens (including phenoxy) is 2. The summed E-state index contributed by atoms with van der Waals surface area (Å²) >= 11 is 0. The van der Waals surface area contributed by atoms with Gasteiger partial charge in [0.1, 0.15) is 11.4 Å². The third kappa shape index (κ3) is 7.10. The number of carbonyl (C=O) groups excluding carboxylic acids is 1. The van der Waals surface area contributed by atoms with Gasteiger partial charge in [0.2, 0.25) is 0 Å². The lowest BCUT2D eigenvalue weighted by Crippen LogP contribution is -2.42. The van der Waals surface area contributed by atoms with Crippen LogP contribution >= 0.6 is 0 Å². The number of benzene rings is 1. The maximum Gasteiger partial charge on any atom is 0.256 e. The quantitative estimate of drug-likeness (QED) is 0.556. The molecule has 0 spiro atoms. The number of likely N-dealkylation sites (tertiary alicyclic amines) is 1. The Morgan fingerprint density at radius 3 is 2.68 bits per heavy atom. The zero-order valence-corrected chi connectivity index (χ0v) is 18.1. The summed E-state index contributed by atoms with van der Waals surface area (Å²) in [6.07, 6.45) is 5.31. The fourth-order valence-electron chi connectivity index (χ4n) is 3.91. The second-order valence-electron chi connectivity index (χ2n) is 8.14. The highest BCUT2D eigenvalue weighted by Gasteiger charge is 2.32. The Labute approximate surface area is 170 Å². The number of anilines is 1. The van der Waals surface area contributed by atoms with Gasteiger partial charge in [-0.1, -0.05) is 20.3 Å². The standard InChI is InChI=1S/C23H38N2O3/c1-5-14-23(4,28-6-2)22(26)24-20-10-12-21(13-11-20)27-17-8-16-25-15-7-9-19(3)18-25/h10-13,19H,5-9,14-18H2,1-4H3,(H,24,26). The zero-order chi connectivity index (χ0) is 20.4. The van der Waals surface area contributed by atoms with Crippen molar-refractivity contribution in [2.45, 2.75) is 65.4 Å². The van der Waals surface area contributed by atoms with Crippen molar-refractivity contribution in [2.75, 3.05) is 38.2 Å². The van der Waals surface area contributed by atoms with Crippen LogP contribution in [0.15, 0.2) is 24.3 Å². The fourth-order valence-corrected chi connectivity index (χ4v) is 3.91. The van der Waals surface area contributed by atoms with Crippen molar-refractivity contribution in [3.05, 3.63) is 24.3 Å². The number of rotatable bonds is 11. The van der Waals surface area contributed by atoms with Crippen molar-refractivity contribution in [2.24, 2.45) is 5.92 Å². The summed E-state index contributed by atoms with van der Waals surface area (Å²) in [4.78, 5) is 15.2. The lowest BCUT2D eigenvalue weighted by molar-refractivity contribution is -0.139. The summed E-state index contributed by atoms with van der Waals surface area (Å²) in [6, 6.07) is 7.60. The van der Waals surface area contributed by atoms with Crippen molar-refractivity contribution in [1.29, 1.82) is 0 Å². The third-order valence-corrected chi connectivity index (χ3v) is 5.41. The van der Waals surface area contributed by atoms with E-state index in [1.165, 1.54) is 25.9 Å². The van der Waals surface area contributed by atoms with E-state index < -0.39 is 5.60 Å². The molecule has 0 aliphatic carbocycles. The highest BCUT2D eigenvalue weighted by atomic mass is 16.5. The molecule has 1 N–H and O–H groups in total. The maximum absolute atomic E-state index is 12.6. The molecule has 2 atom stereocenters. The zero-order valence-electron chi connectivity index (χ0n) is 18.1. The number of nitrogens with one attached hydrogen (secondary N) is 1. The first-order chi connectivity index (χ1) is 13.5. The van der Waals surface area contributed by atoms with Crippen molar-refractivity contribution >= 4 is 11.6 Å². The molecule has 1 saturated heterocycles. The van der Waals surface area contributed by atoms with Crippen LogP contribution in [0.3, 0.4) is 0 Å². The average Bonchev–Trinajstić information content (AvgIpc) is 2.67. The second-order valence-corrected chi connectivity index (χ2v) is 8.14. The lowest BCUT2D eigenvalue weighted by atomic mass is 9.99. The molecule has 1 heterocycles. The van der Waals surface area contributed by atoms with Gasteiger partial charge in [0.25, 0.3) is 5.91 Å². The van der Waals surface area contributed by atoms with Crippen molar-refractivity contribution in [1.82, 2.24) is 4.90 Å². The van der Waals surface area contributed by atoms with E-state index in [1.54, 1.807) is 0 Å². The Hall–Kier alpha value is -1.59. The largest absolute Gasteiger partial charge is 0.494 e. The predicted octanol–water partition coefficient (Wildman–Crippen LogP) is 4.72. The van der Waals surface area contributed by atoms with Crippen molar-refractivity contribution in [3.63, 3.8) is 0 Å². The van der Waals surface area contributed by atoms with Crippen LogP contribution in [0.4, 0.5) is 5.69 Å². The Morgan fingerprint density at radius 2 is 2.04 bits per heavy atom. The van der Waals surface area contributed by atoms with Crippen molar-refractivity contribution < 1.29 is 14.3 Å². The lowest BCUT2D eigenvalue weighted by Gasteiger charge is -2.30. The molecule has 1 aliphatic rings. The third-order valence-electron chi connectivity index (χ3n) is 5.41. The number of piperidine rings is 1. The van der Waals surface area contributed by atoms with E-state index in [0.717, 1.165) is 43.3 Å². The van der Waals surface area contributed by atoms with Crippen LogP contribution in [0.25, 0.3) is 0 Å². The fraction of sp³-hybridized carbons (Fsp3) is 0.696. The Balaban J connectivity index is 1.75. The van der Waals surface area contributed by atoms with Gasteiger partial charge in [-0.2, -0.15) is 0 Å². The molecule has 1 fully saturated rings. The number of hydrogen-bond acceptors (Lipinski definition) is 4. The molecular weight excluding hydrogens is 352 g/mol. The van der Waals surface area contributed by atoms with E-state index in [-0.39, 0.29) is 5.91 Å². The number of carbonyl (C=O) groups is 1. The van der Waals surface area contributed by atoms with Gasteiger partial charge in [0.05, 0.1) is 6.61 Å². The maximum atomic E-state index is 12.6. The minimum atomic E-state index is -0.787. The summed E-state index contributed by atoms with van der Waals surface area (Å²) in [5.74, 6) is 1.56. The molecule has 0 aromatic heterocycles. The van der Waals surface area contributed by atoms with Crippen molar-refractivity contribution in [3.8, 4) is 5.75 Å². The van der Waals surface area contributed by atoms with Gasteiger partial charge >= 0.3 is 0 Å². The molecular formula is C23H38N2O3. The van der Waals surface area contributed by atoms with Gasteiger partial charge in [-0.05, 0) is 76.3 Å². The Bertz CT molecular complexity index is 582. The predicted molar refractivity (Wildman–Crippen MR) is 115 cm³/mol. The van der Waals surface area contributed by atoms with E-state index in [1.807, 2.05) is 38.1 Å². The topological polar surface area (TPSA) is 50.8 Å². The van der Waals surface area contributed by atoms with Crippen LogP contribution in [0, 0.1) is 5.92 Å². The number of hydrogen-bond donors (Lipinski definition) is 1. The molecule has 1 aliphatic heterocycles. The summed E-state index contributed by atoms with van der Waals surface area (Å²) in [7, 11) is 0. The molecule has 1 aromatic carbocycles. The van der Waals surface area contributed by atoms with Crippen LogP contribution in [-0.4, -0.2) is 49.3 Å². The van der Waals surface area contributed by atoms with Crippen LogP contribution in [0.5, 0.6) is 5.75 Å².